The molecule has 186 valence electrons. The van der Waals surface area contributed by atoms with Gasteiger partial charge in [-0.2, -0.15) is 0 Å². The van der Waals surface area contributed by atoms with Crippen LogP contribution in [-0.4, -0.2) is 33.6 Å². The first-order valence-electron chi connectivity index (χ1n) is 13.4. The molecule has 33 heavy (non-hydrogen) atoms. The normalized spacial score (nSPS) is 43.0. The Morgan fingerprint density at radius 3 is 2.39 bits per heavy atom. The minimum atomic E-state index is -0.820. The van der Waals surface area contributed by atoms with Crippen molar-refractivity contribution in [1.29, 1.82) is 0 Å². The maximum Gasteiger partial charge on any atom is 0.103 e. The minimum absolute atomic E-state index is 0.169. The van der Waals surface area contributed by atoms with Crippen LogP contribution in [-0.2, 0) is 0 Å². The van der Waals surface area contributed by atoms with E-state index < -0.39 is 17.6 Å². The third-order valence-corrected chi connectivity index (χ3v) is 11.0. The molecule has 0 aromatic carbocycles. The van der Waals surface area contributed by atoms with Crippen molar-refractivity contribution in [1.82, 2.24) is 0 Å². The molecule has 4 rings (SSSR count). The molecule has 0 radical (unpaired) electrons. The fraction of sp³-hybridized carbons (Fsp3) is 0.800. The largest absolute Gasteiger partial charge is 0.393 e. The number of allylic oxidation sites excluding steroid dienone is 3. The summed E-state index contributed by atoms with van der Waals surface area (Å²) in [7, 11) is 0. The summed E-state index contributed by atoms with van der Waals surface area (Å²) >= 11 is 0. The lowest BCUT2D eigenvalue weighted by atomic mass is 9.45. The summed E-state index contributed by atoms with van der Waals surface area (Å²) in [6.45, 7) is 19.9. The van der Waals surface area contributed by atoms with Gasteiger partial charge in [-0.3, -0.25) is 0 Å². The molecular formula is C30H48O3. The van der Waals surface area contributed by atoms with Crippen molar-refractivity contribution >= 4 is 0 Å². The van der Waals surface area contributed by atoms with E-state index in [2.05, 4.69) is 61.1 Å². The van der Waals surface area contributed by atoms with Gasteiger partial charge in [0.25, 0.3) is 0 Å². The van der Waals surface area contributed by atoms with Crippen LogP contribution in [0, 0.1) is 39.9 Å². The summed E-state index contributed by atoms with van der Waals surface area (Å²) in [5.74, 6) is 1.62. The molecule has 0 bridgehead atoms. The van der Waals surface area contributed by atoms with Crippen molar-refractivity contribution in [2.45, 2.75) is 112 Å². The summed E-state index contributed by atoms with van der Waals surface area (Å²) in [6, 6.07) is 0. The molecular weight excluding hydrogens is 408 g/mol. The van der Waals surface area contributed by atoms with E-state index in [1.165, 1.54) is 16.7 Å². The van der Waals surface area contributed by atoms with Crippen molar-refractivity contribution in [3.63, 3.8) is 0 Å². The number of aliphatic hydroxyl groups excluding tert-OH is 3. The third-order valence-electron chi connectivity index (χ3n) is 11.0. The van der Waals surface area contributed by atoms with Gasteiger partial charge in [-0.1, -0.05) is 66.7 Å². The van der Waals surface area contributed by atoms with Crippen LogP contribution in [0.1, 0.15) is 93.4 Å². The summed E-state index contributed by atoms with van der Waals surface area (Å²) in [5.41, 5.74) is 4.30. The number of aliphatic hydroxyl groups is 3. The molecule has 3 nitrogen and oxygen atoms in total. The highest BCUT2D eigenvalue weighted by Crippen LogP contribution is 2.66. The second kappa shape index (κ2) is 8.35. The lowest BCUT2D eigenvalue weighted by molar-refractivity contribution is -0.116. The van der Waals surface area contributed by atoms with Crippen LogP contribution in [0.25, 0.3) is 0 Å². The highest BCUT2D eigenvalue weighted by molar-refractivity contribution is 5.53. The van der Waals surface area contributed by atoms with Crippen LogP contribution >= 0.6 is 0 Å². The van der Waals surface area contributed by atoms with Crippen molar-refractivity contribution in [3.8, 4) is 0 Å². The zero-order valence-corrected chi connectivity index (χ0v) is 22.1. The molecule has 3 heteroatoms. The molecule has 0 aromatic rings. The van der Waals surface area contributed by atoms with E-state index in [-0.39, 0.29) is 16.9 Å². The van der Waals surface area contributed by atoms with Crippen LogP contribution in [0.2, 0.25) is 0 Å². The minimum Gasteiger partial charge on any atom is -0.393 e. The third kappa shape index (κ3) is 3.55. The Balaban J connectivity index is 1.68. The first kappa shape index (κ1) is 25.2. The molecule has 0 heterocycles. The van der Waals surface area contributed by atoms with Gasteiger partial charge in [-0.25, -0.2) is 0 Å². The van der Waals surface area contributed by atoms with E-state index in [1.54, 1.807) is 0 Å². The standard InChI is InChI=1S/C30H48O3/c1-17(2)18(3)9-10-19(4)21-12-13-22-20-11-14-23-28(5,6)24(31)15-16-29(23,7)25(20)26(32)27(33)30(21,22)8/h13,17,19,21,23-24,26-27,31-33H,3,9-12,14-16H2,1-2,4-8H3/t19-,21-,23+,24+,26+,27-,29+,30-/m1/s1. The number of hydrogen-bond acceptors (Lipinski definition) is 3. The van der Waals surface area contributed by atoms with Crippen LogP contribution in [0.5, 0.6) is 0 Å². The first-order valence-corrected chi connectivity index (χ1v) is 13.4. The fourth-order valence-electron chi connectivity index (χ4n) is 8.56. The quantitative estimate of drug-likeness (QED) is 0.432. The van der Waals surface area contributed by atoms with Crippen molar-refractivity contribution < 1.29 is 15.3 Å². The molecule has 8 atom stereocenters. The number of fused-ring (bicyclic) bond motifs is 4. The first-order chi connectivity index (χ1) is 15.3. The number of rotatable bonds is 5. The Bertz CT molecular complexity index is 864. The van der Waals surface area contributed by atoms with Gasteiger partial charge in [0.1, 0.15) is 6.10 Å². The maximum atomic E-state index is 11.7. The Hall–Kier alpha value is -0.900. The summed E-state index contributed by atoms with van der Waals surface area (Å²) < 4.78 is 0. The van der Waals surface area contributed by atoms with E-state index in [4.69, 9.17) is 0 Å². The molecule has 0 spiro atoms. The van der Waals surface area contributed by atoms with Gasteiger partial charge in [0, 0.05) is 5.41 Å². The smallest absolute Gasteiger partial charge is 0.103 e. The summed E-state index contributed by atoms with van der Waals surface area (Å²) in [5, 5.41) is 34.2. The molecule has 0 saturated heterocycles. The Morgan fingerprint density at radius 1 is 1.09 bits per heavy atom. The topological polar surface area (TPSA) is 60.7 Å². The average Bonchev–Trinajstić information content (AvgIpc) is 3.11. The van der Waals surface area contributed by atoms with Gasteiger partial charge in [0.05, 0.1) is 12.2 Å². The molecule has 0 unspecified atom stereocenters. The molecule has 3 N–H and O–H groups in total. The molecule has 1 saturated carbocycles. The monoisotopic (exact) mass is 456 g/mol. The predicted molar refractivity (Wildman–Crippen MR) is 136 cm³/mol. The molecule has 0 aliphatic heterocycles. The van der Waals surface area contributed by atoms with Gasteiger partial charge in [0.2, 0.25) is 0 Å². The second-order valence-corrected chi connectivity index (χ2v) is 13.2. The predicted octanol–water partition coefficient (Wildman–Crippen LogP) is 6.20. The zero-order chi connectivity index (χ0) is 24.5. The Morgan fingerprint density at radius 2 is 1.76 bits per heavy atom. The fourth-order valence-corrected chi connectivity index (χ4v) is 8.56. The van der Waals surface area contributed by atoms with Crippen molar-refractivity contribution in [3.05, 3.63) is 34.9 Å². The lowest BCUT2D eigenvalue weighted by Crippen LogP contribution is -2.59. The zero-order valence-electron chi connectivity index (χ0n) is 22.1. The second-order valence-electron chi connectivity index (χ2n) is 13.2. The molecule has 4 aliphatic carbocycles. The van der Waals surface area contributed by atoms with Crippen LogP contribution in [0.15, 0.2) is 34.9 Å². The van der Waals surface area contributed by atoms with Crippen molar-refractivity contribution in [2.24, 2.45) is 39.9 Å². The van der Waals surface area contributed by atoms with E-state index in [1.807, 2.05) is 0 Å². The van der Waals surface area contributed by atoms with E-state index in [9.17, 15) is 15.3 Å². The van der Waals surface area contributed by atoms with Crippen LogP contribution < -0.4 is 0 Å². The van der Waals surface area contributed by atoms with Crippen LogP contribution in [0.4, 0.5) is 0 Å². The SMILES string of the molecule is C=C(CC[C@@H](C)[C@H]1CC=C2C3=C([C@H](O)[C@@H](O)[C@@]21C)[C@@]1(C)CC[C@H](O)C(C)(C)[C@@H]1CC3)C(C)C. The Kier molecular flexibility index (Phi) is 6.37. The summed E-state index contributed by atoms with van der Waals surface area (Å²) in [4.78, 5) is 0. The van der Waals surface area contributed by atoms with Gasteiger partial charge in [-0.15, -0.1) is 0 Å². The van der Waals surface area contributed by atoms with Gasteiger partial charge in [0.15, 0.2) is 0 Å². The molecule has 0 amide bonds. The lowest BCUT2D eigenvalue weighted by Gasteiger charge is -2.61. The maximum absolute atomic E-state index is 11.7. The molecule has 0 aromatic heterocycles. The van der Waals surface area contributed by atoms with E-state index in [0.29, 0.717) is 23.7 Å². The van der Waals surface area contributed by atoms with Gasteiger partial charge in [-0.05, 0) is 96.2 Å². The van der Waals surface area contributed by atoms with Crippen LogP contribution in [0.3, 0.4) is 0 Å². The summed E-state index contributed by atoms with van der Waals surface area (Å²) in [6.07, 6.45) is 7.22. The highest BCUT2D eigenvalue weighted by Gasteiger charge is 2.62. The van der Waals surface area contributed by atoms with Gasteiger partial charge >= 0.3 is 0 Å². The average molecular weight is 457 g/mol. The van der Waals surface area contributed by atoms with Gasteiger partial charge < -0.3 is 15.3 Å². The van der Waals surface area contributed by atoms with E-state index >= 15 is 0 Å². The highest BCUT2D eigenvalue weighted by atomic mass is 16.3. The van der Waals surface area contributed by atoms with E-state index in [0.717, 1.165) is 50.5 Å². The van der Waals surface area contributed by atoms with Crippen molar-refractivity contribution in [2.75, 3.05) is 0 Å². The Labute approximate surface area is 202 Å². The molecule has 1 fully saturated rings. The molecule has 4 aliphatic rings. The number of hydrogen-bond donors (Lipinski definition) is 3.